The van der Waals surface area contributed by atoms with E-state index in [1.807, 2.05) is 31.1 Å². The number of nitrogens with zero attached hydrogens (tertiary/aromatic N) is 1. The van der Waals surface area contributed by atoms with Crippen LogP contribution in [0.3, 0.4) is 0 Å². The van der Waals surface area contributed by atoms with Gasteiger partial charge in [-0.2, -0.15) is 0 Å². The molecule has 104 valence electrons. The summed E-state index contributed by atoms with van der Waals surface area (Å²) in [6.07, 6.45) is 2.03. The molecule has 0 aromatic heterocycles. The second kappa shape index (κ2) is 6.75. The van der Waals surface area contributed by atoms with Crippen LogP contribution in [-0.2, 0) is 0 Å². The van der Waals surface area contributed by atoms with E-state index in [0.29, 0.717) is 5.92 Å². The van der Waals surface area contributed by atoms with Gasteiger partial charge in [0, 0.05) is 10.9 Å². The van der Waals surface area contributed by atoms with Crippen LogP contribution in [0.5, 0.6) is 0 Å². The minimum atomic E-state index is -0.371. The smallest absolute Gasteiger partial charge is 0.376 e. The van der Waals surface area contributed by atoms with Crippen molar-refractivity contribution in [2.45, 2.75) is 25.6 Å². The predicted octanol–water partition coefficient (Wildman–Crippen LogP) is 2.24. The molecule has 1 fully saturated rings. The molecular weight excluding hydrogens is 260 g/mol. The van der Waals surface area contributed by atoms with E-state index >= 15 is 0 Å². The van der Waals surface area contributed by atoms with Gasteiger partial charge < -0.3 is 14.9 Å². The van der Waals surface area contributed by atoms with Gasteiger partial charge in [0.05, 0.1) is 6.61 Å². The largest absolute Gasteiger partial charge is 0.437 e. The van der Waals surface area contributed by atoms with E-state index in [4.69, 9.17) is 11.6 Å². The molecule has 1 atom stereocenters. The van der Waals surface area contributed by atoms with Crippen LogP contribution in [0, 0.1) is 5.92 Å². The number of aliphatic hydroxyl groups is 1. The maximum atomic E-state index is 9.68. The van der Waals surface area contributed by atoms with Gasteiger partial charge in [0.2, 0.25) is 0 Å². The van der Waals surface area contributed by atoms with Gasteiger partial charge in [-0.15, -0.1) is 0 Å². The number of halogens is 1. The Morgan fingerprint density at radius 1 is 1.32 bits per heavy atom. The van der Waals surface area contributed by atoms with Gasteiger partial charge in [0.25, 0.3) is 0 Å². The fraction of sp³-hybridized carbons (Fsp3) is 0.571. The number of rotatable bonds is 4. The Balaban J connectivity index is 2.01. The fourth-order valence-corrected chi connectivity index (χ4v) is 3.06. The van der Waals surface area contributed by atoms with Gasteiger partial charge in [0.1, 0.15) is 0 Å². The maximum absolute atomic E-state index is 9.68. The Hall–Kier alpha value is -0.545. The third-order valence-corrected chi connectivity index (χ3v) is 4.42. The molecule has 1 aliphatic rings. The molecule has 0 saturated carbocycles. The standard InChI is InChI=1S/C14H21BClNO2/c1-15(19)17-8-6-12(7-9-17)14(10-18)11-2-4-13(16)5-3-11/h2-5,12,14,18-19H,6-10H2,1H3. The second-order valence-corrected chi connectivity index (χ2v) is 5.78. The monoisotopic (exact) mass is 281 g/mol. The zero-order valence-corrected chi connectivity index (χ0v) is 12.1. The fourth-order valence-electron chi connectivity index (χ4n) is 2.93. The molecule has 0 amide bonds. The molecule has 1 unspecified atom stereocenters. The van der Waals surface area contributed by atoms with Crippen molar-refractivity contribution in [1.82, 2.24) is 4.81 Å². The maximum Gasteiger partial charge on any atom is 0.376 e. The van der Waals surface area contributed by atoms with Crippen LogP contribution < -0.4 is 0 Å². The van der Waals surface area contributed by atoms with E-state index in [2.05, 4.69) is 4.81 Å². The van der Waals surface area contributed by atoms with E-state index in [0.717, 1.165) is 36.5 Å². The summed E-state index contributed by atoms with van der Waals surface area (Å²) in [6, 6.07) is 7.77. The summed E-state index contributed by atoms with van der Waals surface area (Å²) in [6.45, 7) is 3.77. The van der Waals surface area contributed by atoms with Crippen molar-refractivity contribution in [3.63, 3.8) is 0 Å². The first kappa shape index (κ1) is 14.9. The van der Waals surface area contributed by atoms with Gasteiger partial charge >= 0.3 is 7.05 Å². The molecule has 1 aromatic rings. The number of benzene rings is 1. The Kier molecular flexibility index (Phi) is 5.28. The lowest BCUT2D eigenvalue weighted by atomic mass is 9.76. The molecule has 0 bridgehead atoms. The highest BCUT2D eigenvalue weighted by molar-refractivity contribution is 6.45. The second-order valence-electron chi connectivity index (χ2n) is 5.35. The van der Waals surface area contributed by atoms with Gasteiger partial charge in [0.15, 0.2) is 0 Å². The number of hydrogen-bond donors (Lipinski definition) is 2. The average molecular weight is 282 g/mol. The predicted molar refractivity (Wildman–Crippen MR) is 79.4 cm³/mol. The molecule has 5 heteroatoms. The lowest BCUT2D eigenvalue weighted by Gasteiger charge is -2.36. The topological polar surface area (TPSA) is 43.7 Å². The van der Waals surface area contributed by atoms with E-state index in [9.17, 15) is 10.1 Å². The zero-order valence-electron chi connectivity index (χ0n) is 11.3. The van der Waals surface area contributed by atoms with Crippen LogP contribution in [0.25, 0.3) is 0 Å². The average Bonchev–Trinajstić information content (AvgIpc) is 2.42. The van der Waals surface area contributed by atoms with E-state index < -0.39 is 0 Å². The van der Waals surface area contributed by atoms with Crippen molar-refractivity contribution in [1.29, 1.82) is 0 Å². The molecule has 19 heavy (non-hydrogen) atoms. The van der Waals surface area contributed by atoms with Crippen molar-refractivity contribution < 1.29 is 10.1 Å². The highest BCUT2D eigenvalue weighted by Crippen LogP contribution is 2.33. The summed E-state index contributed by atoms with van der Waals surface area (Å²) in [5, 5.41) is 20.0. The summed E-state index contributed by atoms with van der Waals surface area (Å²) in [4.78, 5) is 2.08. The molecule has 1 aromatic carbocycles. The van der Waals surface area contributed by atoms with Gasteiger partial charge in [-0.1, -0.05) is 23.7 Å². The van der Waals surface area contributed by atoms with Crippen LogP contribution in [0.1, 0.15) is 24.3 Å². The van der Waals surface area contributed by atoms with Crippen LogP contribution in [-0.4, -0.2) is 41.7 Å². The first-order chi connectivity index (χ1) is 9.11. The zero-order chi connectivity index (χ0) is 13.8. The molecule has 1 aliphatic heterocycles. The van der Waals surface area contributed by atoms with E-state index in [1.165, 1.54) is 0 Å². The first-order valence-electron chi connectivity index (χ1n) is 6.90. The highest BCUT2D eigenvalue weighted by atomic mass is 35.5. The van der Waals surface area contributed by atoms with Crippen LogP contribution in [0.2, 0.25) is 11.8 Å². The quantitative estimate of drug-likeness (QED) is 0.832. The molecule has 2 N–H and O–H groups in total. The summed E-state index contributed by atoms with van der Waals surface area (Å²) in [7, 11) is -0.371. The summed E-state index contributed by atoms with van der Waals surface area (Å²) in [5.41, 5.74) is 1.15. The van der Waals surface area contributed by atoms with Crippen molar-refractivity contribution in [3.05, 3.63) is 34.9 Å². The molecule has 0 aliphatic carbocycles. The first-order valence-corrected chi connectivity index (χ1v) is 7.28. The molecule has 0 radical (unpaired) electrons. The molecule has 1 heterocycles. The van der Waals surface area contributed by atoms with Gasteiger partial charge in [-0.25, -0.2) is 0 Å². The Morgan fingerprint density at radius 3 is 2.37 bits per heavy atom. The Labute approximate surface area is 120 Å². The lowest BCUT2D eigenvalue weighted by molar-refractivity contribution is 0.171. The number of aliphatic hydroxyl groups excluding tert-OH is 1. The van der Waals surface area contributed by atoms with Crippen molar-refractivity contribution >= 4 is 18.7 Å². The van der Waals surface area contributed by atoms with Crippen LogP contribution >= 0.6 is 11.6 Å². The highest BCUT2D eigenvalue weighted by Gasteiger charge is 2.29. The Morgan fingerprint density at radius 2 is 1.89 bits per heavy atom. The minimum absolute atomic E-state index is 0.168. The van der Waals surface area contributed by atoms with E-state index in [1.54, 1.807) is 0 Å². The van der Waals surface area contributed by atoms with Gasteiger partial charge in [-0.3, -0.25) is 0 Å². The Bertz CT molecular complexity index is 391. The van der Waals surface area contributed by atoms with Crippen molar-refractivity contribution in [2.24, 2.45) is 5.92 Å². The SMILES string of the molecule is CB(O)N1CCC(C(CO)c2ccc(Cl)cc2)CC1. The molecule has 1 saturated heterocycles. The number of piperidine rings is 1. The van der Waals surface area contributed by atoms with Crippen LogP contribution in [0.15, 0.2) is 24.3 Å². The summed E-state index contributed by atoms with van der Waals surface area (Å²) in [5.74, 6) is 0.648. The normalized spacial score (nSPS) is 19.4. The molecule has 3 nitrogen and oxygen atoms in total. The minimum Gasteiger partial charge on any atom is -0.437 e. The van der Waals surface area contributed by atoms with Gasteiger partial charge in [-0.05, 0) is 56.4 Å². The summed E-state index contributed by atoms with van der Waals surface area (Å²) < 4.78 is 0. The van der Waals surface area contributed by atoms with Crippen molar-refractivity contribution in [3.8, 4) is 0 Å². The lowest BCUT2D eigenvalue weighted by Crippen LogP contribution is -2.44. The van der Waals surface area contributed by atoms with Crippen molar-refractivity contribution in [2.75, 3.05) is 19.7 Å². The molecule has 2 rings (SSSR count). The van der Waals surface area contributed by atoms with E-state index in [-0.39, 0.29) is 19.6 Å². The number of hydrogen-bond acceptors (Lipinski definition) is 3. The molecule has 0 spiro atoms. The molecular formula is C14H21BClNO2. The third kappa shape index (κ3) is 3.73. The van der Waals surface area contributed by atoms with Crippen LogP contribution in [0.4, 0.5) is 0 Å². The summed E-state index contributed by atoms with van der Waals surface area (Å²) >= 11 is 5.90. The third-order valence-electron chi connectivity index (χ3n) is 4.17.